The zero-order chi connectivity index (χ0) is 14.4. The molecule has 1 aliphatic rings. The Morgan fingerprint density at radius 3 is 2.64 bits per heavy atom. The zero-order valence-corrected chi connectivity index (χ0v) is 14.5. The first-order valence-corrected chi connectivity index (χ1v) is 7.23. The van der Waals surface area contributed by atoms with Crippen LogP contribution in [-0.4, -0.2) is 48.1 Å². The monoisotopic (exact) mass is 349 g/mol. The molecule has 1 aromatic rings. The summed E-state index contributed by atoms with van der Waals surface area (Å²) < 4.78 is 5.75. The number of nitrogens with zero attached hydrogens (tertiary/aromatic N) is 2. The van der Waals surface area contributed by atoms with E-state index in [9.17, 15) is 4.79 Å². The summed E-state index contributed by atoms with van der Waals surface area (Å²) >= 11 is 0. The third kappa shape index (κ3) is 6.08. The predicted molar refractivity (Wildman–Crippen MR) is 92.0 cm³/mol. The third-order valence-electron chi connectivity index (χ3n) is 3.55. The molecule has 0 aliphatic carbocycles. The van der Waals surface area contributed by atoms with E-state index in [0.29, 0.717) is 12.1 Å². The van der Waals surface area contributed by atoms with Crippen LogP contribution in [-0.2, 0) is 4.74 Å². The minimum Gasteiger partial charge on any atom is -0.378 e. The highest BCUT2D eigenvalue weighted by Gasteiger charge is 2.24. The summed E-state index contributed by atoms with van der Waals surface area (Å²) in [5, 5.41) is 0. The summed E-state index contributed by atoms with van der Waals surface area (Å²) in [4.78, 5) is 18.3. The number of aromatic nitrogens is 1. The summed E-state index contributed by atoms with van der Waals surface area (Å²) in [6, 6.07) is 1.89. The largest absolute Gasteiger partial charge is 0.378 e. The van der Waals surface area contributed by atoms with Gasteiger partial charge in [-0.3, -0.25) is 9.78 Å². The Morgan fingerprint density at radius 2 is 2.05 bits per heavy atom. The molecule has 1 aliphatic heterocycles. The number of amides is 1. The van der Waals surface area contributed by atoms with Gasteiger partial charge in [0, 0.05) is 32.1 Å². The van der Waals surface area contributed by atoms with Crippen LogP contribution >= 0.6 is 24.8 Å². The second-order valence-corrected chi connectivity index (χ2v) is 5.26. The molecule has 0 unspecified atom stereocenters. The van der Waals surface area contributed by atoms with Crippen molar-refractivity contribution in [2.24, 2.45) is 5.73 Å². The first-order chi connectivity index (χ1) is 9.70. The SMILES string of the molecule is Cc1cncc(C(=O)N2CCC(OCCCN)CC2)c1.Cl.Cl. The summed E-state index contributed by atoms with van der Waals surface area (Å²) in [7, 11) is 0. The summed E-state index contributed by atoms with van der Waals surface area (Å²) in [6.07, 6.45) is 6.35. The Morgan fingerprint density at radius 1 is 1.36 bits per heavy atom. The molecule has 0 spiro atoms. The average molecular weight is 350 g/mol. The van der Waals surface area contributed by atoms with Gasteiger partial charge in [0.05, 0.1) is 11.7 Å². The number of hydrogen-bond acceptors (Lipinski definition) is 4. The smallest absolute Gasteiger partial charge is 0.255 e. The number of aryl methyl sites for hydroxylation is 1. The van der Waals surface area contributed by atoms with E-state index in [4.69, 9.17) is 10.5 Å². The van der Waals surface area contributed by atoms with Gasteiger partial charge in [-0.2, -0.15) is 0 Å². The van der Waals surface area contributed by atoms with Crippen molar-refractivity contribution >= 4 is 30.7 Å². The van der Waals surface area contributed by atoms with Gasteiger partial charge in [0.15, 0.2) is 0 Å². The lowest BCUT2D eigenvalue weighted by Crippen LogP contribution is -2.41. The van der Waals surface area contributed by atoms with Crippen LogP contribution in [0.4, 0.5) is 0 Å². The molecule has 5 nitrogen and oxygen atoms in total. The first-order valence-electron chi connectivity index (χ1n) is 7.23. The molecule has 0 aromatic carbocycles. The van der Waals surface area contributed by atoms with Gasteiger partial charge in [0.2, 0.25) is 0 Å². The number of hydrogen-bond donors (Lipinski definition) is 1. The van der Waals surface area contributed by atoms with Crippen molar-refractivity contribution in [1.82, 2.24) is 9.88 Å². The van der Waals surface area contributed by atoms with E-state index < -0.39 is 0 Å². The van der Waals surface area contributed by atoms with E-state index in [0.717, 1.165) is 44.5 Å². The summed E-state index contributed by atoms with van der Waals surface area (Å²) in [5.74, 6) is 0.0709. The van der Waals surface area contributed by atoms with Gasteiger partial charge in [-0.15, -0.1) is 24.8 Å². The van der Waals surface area contributed by atoms with Gasteiger partial charge < -0.3 is 15.4 Å². The maximum absolute atomic E-state index is 12.3. The number of carbonyl (C=O) groups is 1. The number of rotatable bonds is 5. The lowest BCUT2D eigenvalue weighted by Gasteiger charge is -2.32. The number of halogens is 2. The van der Waals surface area contributed by atoms with Gasteiger partial charge in [-0.1, -0.05) is 0 Å². The Labute approximate surface area is 144 Å². The van der Waals surface area contributed by atoms with E-state index in [1.165, 1.54) is 0 Å². The van der Waals surface area contributed by atoms with Crippen molar-refractivity contribution in [3.8, 4) is 0 Å². The molecular formula is C15H25Cl2N3O2. The van der Waals surface area contributed by atoms with Gasteiger partial charge in [0.1, 0.15) is 0 Å². The molecule has 126 valence electrons. The fraction of sp³-hybridized carbons (Fsp3) is 0.600. The second kappa shape index (κ2) is 10.8. The van der Waals surface area contributed by atoms with E-state index >= 15 is 0 Å². The van der Waals surface area contributed by atoms with Gasteiger partial charge in [-0.05, 0) is 44.4 Å². The van der Waals surface area contributed by atoms with Crippen molar-refractivity contribution in [1.29, 1.82) is 0 Å². The van der Waals surface area contributed by atoms with Crippen molar-refractivity contribution in [3.05, 3.63) is 29.6 Å². The van der Waals surface area contributed by atoms with Crippen LogP contribution < -0.4 is 5.73 Å². The molecule has 0 radical (unpaired) electrons. The molecule has 1 aromatic heterocycles. The molecule has 0 bridgehead atoms. The molecule has 2 heterocycles. The fourth-order valence-corrected chi connectivity index (χ4v) is 2.41. The summed E-state index contributed by atoms with van der Waals surface area (Å²) in [6.45, 7) is 4.83. The van der Waals surface area contributed by atoms with Gasteiger partial charge in [0.25, 0.3) is 5.91 Å². The van der Waals surface area contributed by atoms with E-state index in [1.807, 2.05) is 17.9 Å². The van der Waals surface area contributed by atoms with Crippen LogP contribution in [0.25, 0.3) is 0 Å². The van der Waals surface area contributed by atoms with E-state index in [-0.39, 0.29) is 36.8 Å². The minimum atomic E-state index is 0. The number of nitrogens with two attached hydrogens (primary N) is 1. The zero-order valence-electron chi connectivity index (χ0n) is 12.9. The van der Waals surface area contributed by atoms with Crippen molar-refractivity contribution in [2.75, 3.05) is 26.2 Å². The van der Waals surface area contributed by atoms with Crippen LogP contribution in [0.3, 0.4) is 0 Å². The van der Waals surface area contributed by atoms with Crippen molar-refractivity contribution in [2.45, 2.75) is 32.3 Å². The van der Waals surface area contributed by atoms with Crippen molar-refractivity contribution < 1.29 is 9.53 Å². The topological polar surface area (TPSA) is 68.5 Å². The van der Waals surface area contributed by atoms with Crippen LogP contribution in [0.1, 0.15) is 35.2 Å². The van der Waals surface area contributed by atoms with E-state index in [2.05, 4.69) is 4.98 Å². The third-order valence-corrected chi connectivity index (χ3v) is 3.55. The number of carbonyl (C=O) groups excluding carboxylic acids is 1. The summed E-state index contributed by atoms with van der Waals surface area (Å²) in [5.41, 5.74) is 7.13. The molecule has 22 heavy (non-hydrogen) atoms. The molecule has 2 N–H and O–H groups in total. The maximum atomic E-state index is 12.3. The normalized spacial score (nSPS) is 14.9. The molecule has 0 saturated carbocycles. The second-order valence-electron chi connectivity index (χ2n) is 5.26. The Balaban J connectivity index is 0.00000220. The highest BCUT2D eigenvalue weighted by Crippen LogP contribution is 2.16. The molecule has 1 saturated heterocycles. The average Bonchev–Trinajstić information content (AvgIpc) is 2.47. The van der Waals surface area contributed by atoms with E-state index in [1.54, 1.807) is 12.4 Å². The highest BCUT2D eigenvalue weighted by molar-refractivity contribution is 5.94. The highest BCUT2D eigenvalue weighted by atomic mass is 35.5. The van der Waals surface area contributed by atoms with Crippen LogP contribution in [0.15, 0.2) is 18.5 Å². The lowest BCUT2D eigenvalue weighted by atomic mass is 10.1. The Kier molecular flexibility index (Phi) is 10.3. The Bertz CT molecular complexity index is 452. The number of likely N-dealkylation sites (tertiary alicyclic amines) is 1. The maximum Gasteiger partial charge on any atom is 0.255 e. The van der Waals surface area contributed by atoms with Crippen LogP contribution in [0.2, 0.25) is 0 Å². The predicted octanol–water partition coefficient (Wildman–Crippen LogP) is 2.20. The molecule has 7 heteroatoms. The molecule has 2 rings (SSSR count). The Hall–Kier alpha value is -0.880. The van der Waals surface area contributed by atoms with Crippen molar-refractivity contribution in [3.63, 3.8) is 0 Å². The minimum absolute atomic E-state index is 0. The molecule has 0 atom stereocenters. The fourth-order valence-electron chi connectivity index (χ4n) is 2.41. The number of ether oxygens (including phenoxy) is 1. The van der Waals surface area contributed by atoms with Crippen LogP contribution in [0.5, 0.6) is 0 Å². The number of piperidine rings is 1. The quantitative estimate of drug-likeness (QED) is 0.827. The van der Waals surface area contributed by atoms with Gasteiger partial charge in [-0.25, -0.2) is 0 Å². The lowest BCUT2D eigenvalue weighted by molar-refractivity contribution is 0.00843. The molecular weight excluding hydrogens is 325 g/mol. The standard InChI is InChI=1S/C15H23N3O2.2ClH/c1-12-9-13(11-17-10-12)15(19)18-6-3-14(4-7-18)20-8-2-5-16;;/h9-11,14H,2-8,16H2,1H3;2*1H. The first kappa shape index (κ1) is 21.1. The van der Waals surface area contributed by atoms with Crippen LogP contribution in [0, 0.1) is 6.92 Å². The molecule has 1 fully saturated rings. The molecule has 1 amide bonds. The van der Waals surface area contributed by atoms with Gasteiger partial charge >= 0.3 is 0 Å². The number of pyridine rings is 1.